The van der Waals surface area contributed by atoms with Crippen LogP contribution in [-0.2, 0) is 44.6 Å². The van der Waals surface area contributed by atoms with Crippen LogP contribution in [0, 0.1) is 0 Å². The topological polar surface area (TPSA) is 93.5 Å². The number of nitrogens with zero attached hydrogens (tertiary/aromatic N) is 3. The van der Waals surface area contributed by atoms with E-state index in [4.69, 9.17) is 9.73 Å². The Bertz CT molecular complexity index is 1340. The number of methoxy groups -OCH3 is 1. The molecule has 3 rings (SSSR count). The van der Waals surface area contributed by atoms with E-state index < -0.39 is 16.9 Å². The fourth-order valence-electron chi connectivity index (χ4n) is 4.46. The number of aliphatic imine (C=N–C) groups is 1. The van der Waals surface area contributed by atoms with E-state index in [1.807, 2.05) is 47.8 Å². The van der Waals surface area contributed by atoms with Gasteiger partial charge in [0.05, 0.1) is 18.5 Å². The predicted octanol–water partition coefficient (Wildman–Crippen LogP) is 7.45. The minimum absolute atomic E-state index is 0. The van der Waals surface area contributed by atoms with Crippen LogP contribution in [0.1, 0.15) is 111 Å². The Morgan fingerprint density at radius 3 is 1.81 bits per heavy atom. The molecule has 6 nitrogen and oxygen atoms in total. The molecule has 3 aromatic rings. The molecular weight excluding hydrogens is 569 g/mol. The van der Waals surface area contributed by atoms with Gasteiger partial charge in [-0.15, -0.1) is 11.5 Å². The molecule has 0 bridgehead atoms. The number of hydrogen-bond donors (Lipinski definition) is 0. The Hall–Kier alpha value is -2.92. The molecule has 0 radical (unpaired) electrons. The summed E-state index contributed by atoms with van der Waals surface area (Å²) in [6, 6.07) is 8.37. The molecule has 0 N–H and O–H groups in total. The van der Waals surface area contributed by atoms with Crippen molar-refractivity contribution in [3.63, 3.8) is 0 Å². The molecule has 0 atom stereocenters. The smallest absolute Gasteiger partial charge is 0.873 e. The number of hydrogen-bond acceptors (Lipinski definition) is 6. The van der Waals surface area contributed by atoms with Crippen LogP contribution in [0.25, 0.3) is 0 Å². The van der Waals surface area contributed by atoms with Crippen LogP contribution in [0.5, 0.6) is 17.2 Å². The van der Waals surface area contributed by atoms with Gasteiger partial charge in [0.1, 0.15) is 5.75 Å². The molecule has 7 heteroatoms. The average molecular weight is 618 g/mol. The number of aromatic nitrogens is 2. The molecule has 0 aliphatic heterocycles. The van der Waals surface area contributed by atoms with E-state index in [9.17, 15) is 10.2 Å². The van der Waals surface area contributed by atoms with Gasteiger partial charge in [-0.2, -0.15) is 0 Å². The molecule has 232 valence electrons. The van der Waals surface area contributed by atoms with Crippen molar-refractivity contribution < 1.29 is 31.4 Å². The van der Waals surface area contributed by atoms with E-state index in [1.54, 1.807) is 24.7 Å². The molecule has 0 saturated heterocycles. The van der Waals surface area contributed by atoms with E-state index >= 15 is 0 Å². The van der Waals surface area contributed by atoms with Crippen molar-refractivity contribution in [3.05, 3.63) is 70.8 Å². The molecule has 0 unspecified atom stereocenters. The largest absolute Gasteiger partial charge is 2.00 e. The summed E-state index contributed by atoms with van der Waals surface area (Å²) in [5, 5.41) is 24.5. The van der Waals surface area contributed by atoms with Gasteiger partial charge < -0.3 is 14.9 Å². The maximum atomic E-state index is 12.3. The molecule has 0 aliphatic carbocycles. The zero-order valence-electron chi connectivity index (χ0n) is 27.7. The van der Waals surface area contributed by atoms with Crippen molar-refractivity contribution in [2.24, 2.45) is 4.99 Å². The minimum atomic E-state index is -0.438. The van der Waals surface area contributed by atoms with Crippen molar-refractivity contribution >= 4 is 11.9 Å². The molecule has 0 saturated carbocycles. The summed E-state index contributed by atoms with van der Waals surface area (Å²) in [4.78, 5) is 13.1. The zero-order chi connectivity index (χ0) is 31.4. The van der Waals surface area contributed by atoms with Crippen LogP contribution in [0.2, 0.25) is 0 Å². The Morgan fingerprint density at radius 1 is 0.762 bits per heavy atom. The number of rotatable bonds is 4. The average Bonchev–Trinajstić information content (AvgIpc) is 2.83. The summed E-state index contributed by atoms with van der Waals surface area (Å²) >= 11 is 0. The summed E-state index contributed by atoms with van der Waals surface area (Å²) in [6.07, 6.45) is 7.80. The first kappa shape index (κ1) is 37.1. The van der Waals surface area contributed by atoms with E-state index in [-0.39, 0.29) is 32.7 Å². The van der Waals surface area contributed by atoms with Gasteiger partial charge in [0.15, 0.2) is 0 Å². The molecule has 1 heterocycles. The minimum Gasteiger partial charge on any atom is -0.873 e. The van der Waals surface area contributed by atoms with Crippen LogP contribution in [0.4, 0.5) is 5.69 Å². The van der Waals surface area contributed by atoms with Crippen molar-refractivity contribution in [1.82, 2.24) is 9.97 Å². The van der Waals surface area contributed by atoms with E-state index in [1.165, 1.54) is 18.2 Å². The number of ether oxygens (including phenoxy) is 1. The van der Waals surface area contributed by atoms with Crippen LogP contribution < -0.4 is 14.9 Å². The molecule has 0 fully saturated rings. The fraction of sp³-hybridized carbons (Fsp3) is 0.514. The van der Waals surface area contributed by atoms with E-state index in [0.29, 0.717) is 23.3 Å². The molecule has 1 aromatic heterocycles. The summed E-state index contributed by atoms with van der Waals surface area (Å²) < 4.78 is 5.30. The Labute approximate surface area is 264 Å². The first-order chi connectivity index (χ1) is 18.7. The van der Waals surface area contributed by atoms with Crippen LogP contribution in [-0.4, -0.2) is 23.3 Å². The molecule has 0 amide bonds. The summed E-state index contributed by atoms with van der Waals surface area (Å²) in [6.45, 7) is 24.8. The zero-order valence-corrected chi connectivity index (χ0v) is 28.7. The molecule has 0 spiro atoms. The van der Waals surface area contributed by atoms with Crippen LogP contribution >= 0.6 is 0 Å². The second kappa shape index (κ2) is 14.0. The Morgan fingerprint density at radius 2 is 1.36 bits per heavy atom. The SMILES string of the molecule is CC(C)(C)c1ccc(C(C)(C)C)c(N=CCc2cnccn2)c1.COc1cc(C(C)(C)C)c([O-])c([O-])c1C(C)(C)C.[Ni+2]. The first-order valence-corrected chi connectivity index (χ1v) is 14.2. The molecule has 0 aliphatic rings. The summed E-state index contributed by atoms with van der Waals surface area (Å²) in [5.74, 6) is -0.336. The maximum Gasteiger partial charge on any atom is 2.00 e. The second-order valence-corrected chi connectivity index (χ2v) is 14.6. The fourth-order valence-corrected chi connectivity index (χ4v) is 4.46. The molecule has 2 aromatic carbocycles. The van der Waals surface area contributed by atoms with Gasteiger partial charge in [-0.3, -0.25) is 15.0 Å². The van der Waals surface area contributed by atoms with Gasteiger partial charge in [0, 0.05) is 31.2 Å². The predicted molar refractivity (Wildman–Crippen MR) is 167 cm³/mol. The molecular formula is C35H49N3NiO3. The summed E-state index contributed by atoms with van der Waals surface area (Å²) in [7, 11) is 1.53. The Kier molecular flexibility index (Phi) is 12.4. The monoisotopic (exact) mass is 617 g/mol. The third kappa shape index (κ3) is 9.83. The van der Waals surface area contributed by atoms with Gasteiger partial charge in [-0.25, -0.2) is 0 Å². The van der Waals surface area contributed by atoms with Gasteiger partial charge >= 0.3 is 16.5 Å². The van der Waals surface area contributed by atoms with Crippen LogP contribution in [0.15, 0.2) is 47.8 Å². The Balaban J connectivity index is 0.000000423. The van der Waals surface area contributed by atoms with Crippen molar-refractivity contribution in [2.75, 3.05) is 7.11 Å². The quantitative estimate of drug-likeness (QED) is 0.224. The molecule has 42 heavy (non-hydrogen) atoms. The van der Waals surface area contributed by atoms with E-state index in [2.05, 4.69) is 69.7 Å². The normalized spacial score (nSPS) is 12.4. The van der Waals surface area contributed by atoms with Gasteiger partial charge in [-0.1, -0.05) is 95.2 Å². The third-order valence-electron chi connectivity index (χ3n) is 6.80. The second-order valence-electron chi connectivity index (χ2n) is 14.6. The van der Waals surface area contributed by atoms with Gasteiger partial charge in [0.2, 0.25) is 0 Å². The maximum absolute atomic E-state index is 12.3. The van der Waals surface area contributed by atoms with E-state index in [0.717, 1.165) is 11.4 Å². The summed E-state index contributed by atoms with van der Waals surface area (Å²) in [5.41, 5.74) is 4.94. The number of benzene rings is 2. The first-order valence-electron chi connectivity index (χ1n) is 14.2. The van der Waals surface area contributed by atoms with Crippen LogP contribution in [0.3, 0.4) is 0 Å². The standard InChI is InChI=1S/C20H27N3.C15H24O3.Ni/c1-19(2,3)15-7-8-17(20(4,5)6)18(13-15)23-10-9-16-14-21-11-12-22-16;1-14(2,3)9-8-10(18-7)11(15(4,5)6)13(17)12(9)16;/h7-8,10-14H,9H2,1-6H3;8,16-17H,1-7H3;/q;;+2/p-2. The van der Waals surface area contributed by atoms with Crippen molar-refractivity contribution in [3.8, 4) is 17.2 Å². The van der Waals surface area contributed by atoms with Crippen molar-refractivity contribution in [1.29, 1.82) is 0 Å². The third-order valence-corrected chi connectivity index (χ3v) is 6.80. The van der Waals surface area contributed by atoms with Gasteiger partial charge in [-0.05, 0) is 56.0 Å². The van der Waals surface area contributed by atoms with Gasteiger partial charge in [0.25, 0.3) is 0 Å². The van der Waals surface area contributed by atoms with Crippen molar-refractivity contribution in [2.45, 2.75) is 111 Å².